The number of ether oxygens (including phenoxy) is 2. The van der Waals surface area contributed by atoms with Crippen molar-refractivity contribution in [1.82, 2.24) is 14.9 Å². The number of methoxy groups -OCH3 is 1. The summed E-state index contributed by atoms with van der Waals surface area (Å²) in [6.07, 6.45) is -0.493. The van der Waals surface area contributed by atoms with Crippen LogP contribution in [-0.2, 0) is 29.1 Å². The number of sulfonamides is 1. The normalized spacial score (nSPS) is 18.1. The second kappa shape index (κ2) is 9.74. The smallest absolute Gasteiger partial charge is 0.309 e. The van der Waals surface area contributed by atoms with Gasteiger partial charge < -0.3 is 20.1 Å². The molecule has 0 aliphatic carbocycles. The van der Waals surface area contributed by atoms with E-state index in [9.17, 15) is 22.4 Å². The highest BCUT2D eigenvalue weighted by Crippen LogP contribution is 2.22. The van der Waals surface area contributed by atoms with Gasteiger partial charge in [0, 0.05) is 20.2 Å². The van der Waals surface area contributed by atoms with Crippen LogP contribution in [0.1, 0.15) is 6.42 Å². The van der Waals surface area contributed by atoms with E-state index in [0.717, 1.165) is 28.6 Å². The van der Waals surface area contributed by atoms with Crippen molar-refractivity contribution in [3.05, 3.63) is 30.1 Å². The Balaban J connectivity index is 2.01. The van der Waals surface area contributed by atoms with Gasteiger partial charge in [0.1, 0.15) is 12.0 Å². The number of hydrogen-bond donors (Lipinski definition) is 2. The molecule has 0 saturated carbocycles. The van der Waals surface area contributed by atoms with Gasteiger partial charge in [0.15, 0.2) is 0 Å². The number of nitrogens with one attached hydrogen (secondary N) is 2. The minimum absolute atomic E-state index is 0.0805. The molecule has 1 atom stereocenters. The summed E-state index contributed by atoms with van der Waals surface area (Å²) in [5, 5.41) is 4.72. The molecule has 1 fully saturated rings. The largest absolute Gasteiger partial charge is 0.383 e. The van der Waals surface area contributed by atoms with Gasteiger partial charge in [0.05, 0.1) is 24.7 Å². The summed E-state index contributed by atoms with van der Waals surface area (Å²) in [4.78, 5) is 23.4. The lowest BCUT2D eigenvalue weighted by Crippen LogP contribution is -2.53. The van der Waals surface area contributed by atoms with Gasteiger partial charge in [-0.25, -0.2) is 12.8 Å². The lowest BCUT2D eigenvalue weighted by atomic mass is 10.3. The van der Waals surface area contributed by atoms with E-state index < -0.39 is 33.9 Å². The molecule has 0 bridgehead atoms. The van der Waals surface area contributed by atoms with Gasteiger partial charge in [-0.2, -0.15) is 4.31 Å². The van der Waals surface area contributed by atoms with Crippen LogP contribution < -0.4 is 10.6 Å². The number of carbonyl (C=O) groups is 2. The Bertz CT molecular complexity index is 756. The second-order valence-corrected chi connectivity index (χ2v) is 7.60. The van der Waals surface area contributed by atoms with Crippen LogP contribution in [0.4, 0.5) is 4.39 Å². The first-order valence-electron chi connectivity index (χ1n) is 8.30. The highest BCUT2D eigenvalue weighted by molar-refractivity contribution is 7.89. The van der Waals surface area contributed by atoms with Crippen molar-refractivity contribution in [1.29, 1.82) is 0 Å². The standard InChI is InChI=1S/C16H22FN3O6S/c1-25-10-7-18-15(21)16(22)19-11-14-20(8-2-9-26-14)27(23,24)13-5-3-12(17)4-6-13/h3-6,14H,2,7-11H2,1H3,(H,18,21)(H,19,22). The van der Waals surface area contributed by atoms with Gasteiger partial charge in [-0.05, 0) is 30.7 Å². The summed E-state index contributed by atoms with van der Waals surface area (Å²) in [5.74, 6) is -2.30. The van der Waals surface area contributed by atoms with Crippen LogP contribution in [0.2, 0.25) is 0 Å². The van der Waals surface area contributed by atoms with Crippen LogP contribution in [0.15, 0.2) is 29.2 Å². The Morgan fingerprint density at radius 3 is 2.59 bits per heavy atom. The molecule has 1 aromatic carbocycles. The Kier molecular flexibility index (Phi) is 7.66. The molecule has 9 nitrogen and oxygen atoms in total. The summed E-state index contributed by atoms with van der Waals surface area (Å²) in [7, 11) is -2.48. The third kappa shape index (κ3) is 5.70. The van der Waals surface area contributed by atoms with Crippen molar-refractivity contribution in [2.45, 2.75) is 17.5 Å². The van der Waals surface area contributed by atoms with Crippen LogP contribution in [0.25, 0.3) is 0 Å². The maximum atomic E-state index is 13.1. The number of benzene rings is 1. The maximum absolute atomic E-state index is 13.1. The first-order chi connectivity index (χ1) is 12.9. The zero-order valence-electron chi connectivity index (χ0n) is 14.8. The molecule has 2 rings (SSSR count). The van der Waals surface area contributed by atoms with Gasteiger partial charge >= 0.3 is 11.8 Å². The van der Waals surface area contributed by atoms with Gasteiger partial charge in [-0.3, -0.25) is 9.59 Å². The molecule has 1 unspecified atom stereocenters. The minimum Gasteiger partial charge on any atom is -0.383 e. The predicted molar refractivity (Wildman–Crippen MR) is 92.5 cm³/mol. The molecule has 27 heavy (non-hydrogen) atoms. The molecule has 1 aliphatic heterocycles. The monoisotopic (exact) mass is 403 g/mol. The van der Waals surface area contributed by atoms with E-state index in [1.807, 2.05) is 0 Å². The minimum atomic E-state index is -3.94. The molecule has 0 radical (unpaired) electrons. The predicted octanol–water partition coefficient (Wildman–Crippen LogP) is -0.558. The number of rotatable bonds is 7. The quantitative estimate of drug-likeness (QED) is 0.466. The summed E-state index contributed by atoms with van der Waals surface area (Å²) in [5.41, 5.74) is 0. The van der Waals surface area contributed by atoms with Crippen molar-refractivity contribution in [2.75, 3.05) is 40.0 Å². The summed E-state index contributed by atoms with van der Waals surface area (Å²) >= 11 is 0. The average molecular weight is 403 g/mol. The highest BCUT2D eigenvalue weighted by Gasteiger charge is 2.34. The molecule has 1 heterocycles. The summed E-state index contributed by atoms with van der Waals surface area (Å²) in [6, 6.07) is 4.44. The second-order valence-electron chi connectivity index (χ2n) is 5.71. The Morgan fingerprint density at radius 1 is 1.26 bits per heavy atom. The van der Waals surface area contributed by atoms with Crippen molar-refractivity contribution >= 4 is 21.8 Å². The topological polar surface area (TPSA) is 114 Å². The molecule has 11 heteroatoms. The lowest BCUT2D eigenvalue weighted by molar-refractivity contribution is -0.140. The number of hydrogen-bond acceptors (Lipinski definition) is 6. The Morgan fingerprint density at radius 2 is 1.93 bits per heavy atom. The van der Waals surface area contributed by atoms with Crippen molar-refractivity contribution in [3.8, 4) is 0 Å². The highest BCUT2D eigenvalue weighted by atomic mass is 32.2. The van der Waals surface area contributed by atoms with Crippen molar-refractivity contribution < 1.29 is 31.9 Å². The van der Waals surface area contributed by atoms with E-state index in [1.165, 1.54) is 7.11 Å². The molecule has 1 aromatic rings. The number of carbonyl (C=O) groups excluding carboxylic acids is 2. The van der Waals surface area contributed by atoms with Gasteiger partial charge in [-0.15, -0.1) is 0 Å². The Labute approximate surface area is 156 Å². The molecular formula is C16H22FN3O6S. The van der Waals surface area contributed by atoms with E-state index in [4.69, 9.17) is 9.47 Å². The fourth-order valence-electron chi connectivity index (χ4n) is 2.45. The van der Waals surface area contributed by atoms with Gasteiger partial charge in [-0.1, -0.05) is 0 Å². The van der Waals surface area contributed by atoms with Gasteiger partial charge in [0.25, 0.3) is 0 Å². The zero-order valence-corrected chi connectivity index (χ0v) is 15.6. The van der Waals surface area contributed by atoms with Crippen LogP contribution in [0, 0.1) is 5.82 Å². The molecular weight excluding hydrogens is 381 g/mol. The molecule has 1 saturated heterocycles. The molecule has 2 N–H and O–H groups in total. The van der Waals surface area contributed by atoms with Gasteiger partial charge in [0.2, 0.25) is 10.0 Å². The number of amides is 2. The first-order valence-corrected chi connectivity index (χ1v) is 9.74. The third-order valence-corrected chi connectivity index (χ3v) is 5.71. The molecule has 150 valence electrons. The van der Waals surface area contributed by atoms with E-state index in [2.05, 4.69) is 10.6 Å². The molecule has 1 aliphatic rings. The zero-order chi connectivity index (χ0) is 19.9. The van der Waals surface area contributed by atoms with Crippen molar-refractivity contribution in [3.63, 3.8) is 0 Å². The van der Waals surface area contributed by atoms with E-state index in [0.29, 0.717) is 13.0 Å². The first kappa shape index (κ1) is 21.2. The van der Waals surface area contributed by atoms with E-state index >= 15 is 0 Å². The number of nitrogens with zero attached hydrogens (tertiary/aromatic N) is 1. The maximum Gasteiger partial charge on any atom is 0.309 e. The van der Waals surface area contributed by atoms with Crippen LogP contribution in [0.3, 0.4) is 0 Å². The lowest BCUT2D eigenvalue weighted by Gasteiger charge is -2.34. The SMILES string of the molecule is COCCNC(=O)C(=O)NCC1OCCCN1S(=O)(=O)c1ccc(F)cc1. The van der Waals surface area contributed by atoms with Crippen molar-refractivity contribution in [2.24, 2.45) is 0 Å². The summed E-state index contributed by atoms with van der Waals surface area (Å²) < 4.78 is 49.9. The van der Waals surface area contributed by atoms with Crippen LogP contribution in [-0.4, -0.2) is 70.7 Å². The fourth-order valence-corrected chi connectivity index (χ4v) is 4.02. The molecule has 0 spiro atoms. The fraction of sp³-hybridized carbons (Fsp3) is 0.500. The van der Waals surface area contributed by atoms with Crippen LogP contribution in [0.5, 0.6) is 0 Å². The number of halogens is 1. The van der Waals surface area contributed by atoms with Crippen LogP contribution >= 0.6 is 0 Å². The molecule has 0 aromatic heterocycles. The van der Waals surface area contributed by atoms with E-state index in [1.54, 1.807) is 0 Å². The third-order valence-electron chi connectivity index (χ3n) is 3.81. The van der Waals surface area contributed by atoms with E-state index in [-0.39, 0.29) is 31.1 Å². The molecule has 2 amide bonds. The summed E-state index contributed by atoms with van der Waals surface area (Å²) in [6.45, 7) is 0.732. The average Bonchev–Trinajstić information content (AvgIpc) is 2.66. The Hall–Kier alpha value is -2.08.